The van der Waals surface area contributed by atoms with Crippen molar-refractivity contribution >= 4 is 91.9 Å². The lowest BCUT2D eigenvalue weighted by Crippen LogP contribution is -2.10. The minimum Gasteiger partial charge on any atom is -0.309 e. The van der Waals surface area contributed by atoms with Crippen molar-refractivity contribution < 1.29 is 0 Å². The number of fused-ring (bicyclic) bond motifs is 9. The molecule has 12 aromatic rings. The van der Waals surface area contributed by atoms with Gasteiger partial charge in [0.1, 0.15) is 0 Å². The van der Waals surface area contributed by atoms with E-state index in [0.717, 1.165) is 17.1 Å². The Balaban J connectivity index is 1.02. The van der Waals surface area contributed by atoms with Crippen LogP contribution in [0.15, 0.2) is 218 Å². The number of para-hydroxylation sites is 3. The number of hydrogen-bond acceptors (Lipinski definition) is 2. The van der Waals surface area contributed by atoms with Crippen molar-refractivity contribution in [3.8, 4) is 27.9 Å². The highest BCUT2D eigenvalue weighted by atomic mass is 32.1. The fourth-order valence-corrected chi connectivity index (χ4v) is 10.5. The van der Waals surface area contributed by atoms with Crippen molar-refractivity contribution in [1.82, 2.24) is 4.57 Å². The van der Waals surface area contributed by atoms with Gasteiger partial charge in [-0.15, -0.1) is 11.3 Å². The summed E-state index contributed by atoms with van der Waals surface area (Å²) in [6, 6.07) is 79.9. The van der Waals surface area contributed by atoms with Gasteiger partial charge in [0, 0.05) is 48.9 Å². The van der Waals surface area contributed by atoms with Crippen LogP contribution in [0.4, 0.5) is 17.1 Å². The van der Waals surface area contributed by atoms with Crippen LogP contribution < -0.4 is 4.90 Å². The first-order valence-corrected chi connectivity index (χ1v) is 21.0. The fourth-order valence-electron chi connectivity index (χ4n) is 9.31. The van der Waals surface area contributed by atoms with E-state index in [0.29, 0.717) is 0 Å². The summed E-state index contributed by atoms with van der Waals surface area (Å²) in [5, 5.41) is 10.2. The second kappa shape index (κ2) is 13.6. The van der Waals surface area contributed by atoms with Gasteiger partial charge in [-0.2, -0.15) is 0 Å². The first kappa shape index (κ1) is 33.7. The molecule has 0 N–H and O–H groups in total. The number of thiophene rings is 1. The van der Waals surface area contributed by atoms with Gasteiger partial charge < -0.3 is 9.47 Å². The van der Waals surface area contributed by atoms with E-state index in [1.54, 1.807) is 0 Å². The second-order valence-corrected chi connectivity index (χ2v) is 16.3. The molecule has 2 heterocycles. The van der Waals surface area contributed by atoms with Crippen LogP contribution in [0, 0.1) is 0 Å². The molecule has 59 heavy (non-hydrogen) atoms. The molecule has 0 spiro atoms. The summed E-state index contributed by atoms with van der Waals surface area (Å²) in [5.74, 6) is 0. The molecule has 0 bridgehead atoms. The Morgan fingerprint density at radius 2 is 0.949 bits per heavy atom. The second-order valence-electron chi connectivity index (χ2n) is 15.3. The summed E-state index contributed by atoms with van der Waals surface area (Å²) in [6.45, 7) is 0. The van der Waals surface area contributed by atoms with Crippen LogP contribution in [0.3, 0.4) is 0 Å². The van der Waals surface area contributed by atoms with E-state index < -0.39 is 0 Å². The maximum Gasteiger partial charge on any atom is 0.0640 e. The van der Waals surface area contributed by atoms with Crippen LogP contribution >= 0.6 is 11.3 Å². The molecule has 10 aromatic carbocycles. The van der Waals surface area contributed by atoms with Crippen molar-refractivity contribution in [3.05, 3.63) is 218 Å². The largest absolute Gasteiger partial charge is 0.309 e. The standard InChI is InChI=1S/C56H36N2S/c1-2-15-40(16-3-1)58-52-25-10-8-20-47(52)49-23-12-22-44(55(49)58)37-28-32-41(33-29-37)57(53-26-13-24-50-48-21-9-11-27-54(48)59-56(50)53)42-34-30-38(31-35-42)51-36-39-14-4-5-17-43(39)45-18-6-7-19-46(45)51/h1-36H. The lowest BCUT2D eigenvalue weighted by atomic mass is 9.93. The summed E-state index contributed by atoms with van der Waals surface area (Å²) < 4.78 is 4.99. The SMILES string of the molecule is c1ccc(-n2c3ccccc3c3cccc(-c4ccc(N(c5ccc(-c6cc7ccccc7c7ccccc67)cc5)c5cccc6c5sc5ccccc56)cc4)c32)cc1. The maximum absolute atomic E-state index is 2.44. The molecule has 2 nitrogen and oxygen atoms in total. The molecule has 2 aromatic heterocycles. The predicted molar refractivity (Wildman–Crippen MR) is 254 cm³/mol. The Morgan fingerprint density at radius 3 is 1.73 bits per heavy atom. The molecule has 0 atom stereocenters. The average Bonchev–Trinajstić information content (AvgIpc) is 3.86. The summed E-state index contributed by atoms with van der Waals surface area (Å²) in [7, 11) is 0. The highest BCUT2D eigenvalue weighted by Gasteiger charge is 2.20. The summed E-state index contributed by atoms with van der Waals surface area (Å²) in [6.07, 6.45) is 0. The van der Waals surface area contributed by atoms with Gasteiger partial charge >= 0.3 is 0 Å². The van der Waals surface area contributed by atoms with Gasteiger partial charge in [0.2, 0.25) is 0 Å². The van der Waals surface area contributed by atoms with Crippen LogP contribution in [-0.2, 0) is 0 Å². The third kappa shape index (κ3) is 5.40. The molecule has 0 aliphatic carbocycles. The molecular weight excluding hydrogens is 733 g/mol. The van der Waals surface area contributed by atoms with E-state index in [4.69, 9.17) is 0 Å². The number of anilines is 3. The smallest absolute Gasteiger partial charge is 0.0640 e. The Labute approximate surface area is 346 Å². The summed E-state index contributed by atoms with van der Waals surface area (Å²) >= 11 is 1.87. The Kier molecular flexibility index (Phi) is 7.75. The van der Waals surface area contributed by atoms with E-state index in [1.807, 2.05) is 11.3 Å². The zero-order valence-electron chi connectivity index (χ0n) is 32.1. The van der Waals surface area contributed by atoms with Gasteiger partial charge in [0.05, 0.1) is 21.4 Å². The van der Waals surface area contributed by atoms with E-state index in [9.17, 15) is 0 Å². The quantitative estimate of drug-likeness (QED) is 0.153. The Bertz CT molecular complexity index is 3540. The average molecular weight is 769 g/mol. The lowest BCUT2D eigenvalue weighted by Gasteiger charge is -2.26. The Hall–Kier alpha value is -7.46. The zero-order chi connectivity index (χ0) is 38.9. The molecule has 0 saturated heterocycles. The normalized spacial score (nSPS) is 11.7. The molecular formula is C56H36N2S. The summed E-state index contributed by atoms with van der Waals surface area (Å²) in [5.41, 5.74) is 11.8. The van der Waals surface area contributed by atoms with Crippen molar-refractivity contribution in [3.63, 3.8) is 0 Å². The van der Waals surface area contributed by atoms with Gasteiger partial charge in [0.25, 0.3) is 0 Å². The van der Waals surface area contributed by atoms with Crippen LogP contribution in [0.1, 0.15) is 0 Å². The van der Waals surface area contributed by atoms with Crippen molar-refractivity contribution in [2.45, 2.75) is 0 Å². The molecule has 0 saturated carbocycles. The maximum atomic E-state index is 2.44. The first-order chi connectivity index (χ1) is 29.3. The highest BCUT2D eigenvalue weighted by molar-refractivity contribution is 7.26. The van der Waals surface area contributed by atoms with Crippen LogP contribution in [0.2, 0.25) is 0 Å². The molecule has 0 radical (unpaired) electrons. The van der Waals surface area contributed by atoms with Gasteiger partial charge in [-0.3, -0.25) is 0 Å². The summed E-state index contributed by atoms with van der Waals surface area (Å²) in [4.78, 5) is 2.44. The molecule has 0 aliphatic heterocycles. The van der Waals surface area contributed by atoms with Crippen molar-refractivity contribution in [2.75, 3.05) is 4.90 Å². The fraction of sp³-hybridized carbons (Fsp3) is 0. The highest BCUT2D eigenvalue weighted by Crippen LogP contribution is 2.46. The van der Waals surface area contributed by atoms with E-state index in [1.165, 1.54) is 91.5 Å². The van der Waals surface area contributed by atoms with E-state index in [-0.39, 0.29) is 0 Å². The van der Waals surface area contributed by atoms with Crippen LogP contribution in [0.25, 0.3) is 91.5 Å². The molecule has 12 rings (SSSR count). The van der Waals surface area contributed by atoms with Gasteiger partial charge in [-0.25, -0.2) is 0 Å². The third-order valence-corrected chi connectivity index (χ3v) is 13.2. The van der Waals surface area contributed by atoms with Crippen LogP contribution in [-0.4, -0.2) is 4.57 Å². The monoisotopic (exact) mass is 768 g/mol. The lowest BCUT2D eigenvalue weighted by molar-refractivity contribution is 1.18. The van der Waals surface area contributed by atoms with Gasteiger partial charge in [-0.1, -0.05) is 158 Å². The van der Waals surface area contributed by atoms with Crippen molar-refractivity contribution in [1.29, 1.82) is 0 Å². The number of nitrogens with zero attached hydrogens (tertiary/aromatic N) is 2. The van der Waals surface area contributed by atoms with E-state index in [2.05, 4.69) is 228 Å². The molecule has 0 aliphatic rings. The van der Waals surface area contributed by atoms with Crippen LogP contribution in [0.5, 0.6) is 0 Å². The third-order valence-electron chi connectivity index (χ3n) is 12.0. The molecule has 3 heteroatoms. The first-order valence-electron chi connectivity index (χ1n) is 20.2. The predicted octanol–water partition coefficient (Wildman–Crippen LogP) is 16.3. The van der Waals surface area contributed by atoms with Gasteiger partial charge in [0.15, 0.2) is 0 Å². The molecule has 276 valence electrons. The number of hydrogen-bond donors (Lipinski definition) is 0. The molecule has 0 fully saturated rings. The molecule has 0 amide bonds. The zero-order valence-corrected chi connectivity index (χ0v) is 32.9. The van der Waals surface area contributed by atoms with Gasteiger partial charge in [-0.05, 0) is 98.9 Å². The topological polar surface area (TPSA) is 8.17 Å². The number of benzene rings is 10. The minimum atomic E-state index is 1.11. The van der Waals surface area contributed by atoms with Crippen molar-refractivity contribution in [2.24, 2.45) is 0 Å². The number of aromatic nitrogens is 1. The molecule has 0 unspecified atom stereocenters. The Morgan fingerprint density at radius 1 is 0.373 bits per heavy atom. The van der Waals surface area contributed by atoms with E-state index >= 15 is 0 Å². The number of rotatable bonds is 6. The minimum absolute atomic E-state index is 1.11.